The summed E-state index contributed by atoms with van der Waals surface area (Å²) in [5, 5.41) is 0.989. The number of sulfonamides is 1. The van der Waals surface area contributed by atoms with Crippen LogP contribution in [0.1, 0.15) is 28.5 Å². The van der Waals surface area contributed by atoms with Crippen LogP contribution < -0.4 is 5.56 Å². The molecule has 0 aliphatic carbocycles. The van der Waals surface area contributed by atoms with Crippen LogP contribution in [0.5, 0.6) is 0 Å². The summed E-state index contributed by atoms with van der Waals surface area (Å²) in [5.74, 6) is 0. The molecule has 0 spiro atoms. The van der Waals surface area contributed by atoms with E-state index in [4.69, 9.17) is 0 Å². The third-order valence-electron chi connectivity index (χ3n) is 4.91. The van der Waals surface area contributed by atoms with E-state index >= 15 is 0 Å². The first-order valence-corrected chi connectivity index (χ1v) is 10.9. The zero-order chi connectivity index (χ0) is 18.5. The van der Waals surface area contributed by atoms with E-state index < -0.39 is 10.0 Å². The van der Waals surface area contributed by atoms with E-state index in [0.29, 0.717) is 29.3 Å². The van der Waals surface area contributed by atoms with Gasteiger partial charge in [0.05, 0.1) is 0 Å². The second-order valence-electron chi connectivity index (χ2n) is 6.65. The highest BCUT2D eigenvalue weighted by Gasteiger charge is 2.29. The van der Waals surface area contributed by atoms with E-state index in [-0.39, 0.29) is 5.56 Å². The van der Waals surface area contributed by atoms with Crippen molar-refractivity contribution in [2.75, 3.05) is 6.54 Å². The number of H-pyrrole nitrogens is 1. The normalized spacial score (nSPS) is 15.3. The summed E-state index contributed by atoms with van der Waals surface area (Å²) in [6.07, 6.45) is 1.51. The second-order valence-corrected chi connectivity index (χ2v) is 9.99. The molecule has 5 nitrogen and oxygen atoms in total. The van der Waals surface area contributed by atoms with Gasteiger partial charge in [0.2, 0.25) is 0 Å². The highest BCUT2D eigenvalue weighted by molar-refractivity contribution is 7.91. The van der Waals surface area contributed by atoms with Crippen LogP contribution in [0.3, 0.4) is 0 Å². The van der Waals surface area contributed by atoms with Crippen LogP contribution in [-0.4, -0.2) is 24.3 Å². The second kappa shape index (κ2) is 6.33. The molecule has 1 N–H and O–H groups in total. The van der Waals surface area contributed by atoms with E-state index in [2.05, 4.69) is 11.1 Å². The van der Waals surface area contributed by atoms with E-state index in [1.807, 2.05) is 25.1 Å². The summed E-state index contributed by atoms with van der Waals surface area (Å²) in [5.41, 5.74) is 3.43. The molecule has 1 aliphatic heterocycles. The van der Waals surface area contributed by atoms with Gasteiger partial charge in [0.25, 0.3) is 15.6 Å². The maximum atomic E-state index is 13.0. The molecule has 4 rings (SSSR count). The molecule has 0 bridgehead atoms. The molecule has 1 aromatic carbocycles. The maximum Gasteiger partial charge on any atom is 0.252 e. The van der Waals surface area contributed by atoms with Gasteiger partial charge in [-0.05, 0) is 66.6 Å². The van der Waals surface area contributed by atoms with Gasteiger partial charge in [-0.2, -0.15) is 4.31 Å². The Labute approximate surface area is 156 Å². The molecule has 26 heavy (non-hydrogen) atoms. The van der Waals surface area contributed by atoms with Gasteiger partial charge in [-0.25, -0.2) is 8.42 Å². The summed E-state index contributed by atoms with van der Waals surface area (Å²) >= 11 is 1.34. The van der Waals surface area contributed by atoms with Crippen LogP contribution in [0, 0.1) is 6.92 Å². The molecule has 0 fully saturated rings. The monoisotopic (exact) mass is 388 g/mol. The van der Waals surface area contributed by atoms with Crippen LogP contribution >= 0.6 is 11.3 Å². The van der Waals surface area contributed by atoms with Crippen molar-refractivity contribution in [2.45, 2.75) is 37.4 Å². The number of aromatic nitrogens is 1. The van der Waals surface area contributed by atoms with E-state index in [1.165, 1.54) is 11.3 Å². The summed E-state index contributed by atoms with van der Waals surface area (Å²) in [6, 6.07) is 9.46. The van der Waals surface area contributed by atoms with Crippen molar-refractivity contribution in [3.63, 3.8) is 0 Å². The molecular weight excluding hydrogens is 368 g/mol. The Morgan fingerprint density at radius 3 is 2.73 bits per heavy atom. The van der Waals surface area contributed by atoms with Gasteiger partial charge >= 0.3 is 0 Å². The molecule has 0 radical (unpaired) electrons. The number of aryl methyl sites for hydroxylation is 2. The quantitative estimate of drug-likeness (QED) is 0.749. The van der Waals surface area contributed by atoms with Gasteiger partial charge in [0, 0.05) is 29.0 Å². The molecule has 0 saturated carbocycles. The third kappa shape index (κ3) is 2.90. The van der Waals surface area contributed by atoms with Crippen LogP contribution in [0.15, 0.2) is 39.3 Å². The molecule has 1 aliphatic rings. The van der Waals surface area contributed by atoms with Crippen LogP contribution in [-0.2, 0) is 29.4 Å². The van der Waals surface area contributed by atoms with Crippen molar-refractivity contribution in [2.24, 2.45) is 0 Å². The number of hydrogen-bond donors (Lipinski definition) is 1. The van der Waals surface area contributed by atoms with Crippen molar-refractivity contribution in [1.82, 2.24) is 9.29 Å². The van der Waals surface area contributed by atoms with Crippen LogP contribution in [0.2, 0.25) is 0 Å². The molecule has 0 saturated heterocycles. The minimum atomic E-state index is -3.48. The van der Waals surface area contributed by atoms with Crippen molar-refractivity contribution < 1.29 is 8.42 Å². The standard InChI is InChI=1S/C19H20N2O3S2/c1-3-16-4-5-18(25-16)26(23,24)21-7-6-13-9-14-8-12(2)19(22)20-17(14)10-15(13)11-21/h4-5,8-10H,3,6-7,11H2,1-2H3,(H,20,22). The van der Waals surface area contributed by atoms with Crippen molar-refractivity contribution in [1.29, 1.82) is 0 Å². The van der Waals surface area contributed by atoms with Crippen LogP contribution in [0.4, 0.5) is 0 Å². The first kappa shape index (κ1) is 17.5. The first-order valence-electron chi connectivity index (χ1n) is 8.63. The molecular formula is C19H20N2O3S2. The minimum absolute atomic E-state index is 0.108. The van der Waals surface area contributed by atoms with E-state index in [9.17, 15) is 13.2 Å². The topological polar surface area (TPSA) is 70.2 Å². The fourth-order valence-corrected chi connectivity index (χ4v) is 6.24. The molecule has 7 heteroatoms. The van der Waals surface area contributed by atoms with Gasteiger partial charge in [0.1, 0.15) is 4.21 Å². The molecule has 0 amide bonds. The Hall–Kier alpha value is -1.96. The average Bonchev–Trinajstić information content (AvgIpc) is 3.11. The van der Waals surface area contributed by atoms with Crippen molar-refractivity contribution in [3.8, 4) is 0 Å². The van der Waals surface area contributed by atoms with Gasteiger partial charge in [0.15, 0.2) is 0 Å². The first-order chi connectivity index (χ1) is 12.4. The lowest BCUT2D eigenvalue weighted by atomic mass is 9.98. The van der Waals surface area contributed by atoms with Gasteiger partial charge in [-0.3, -0.25) is 4.79 Å². The smallest absolute Gasteiger partial charge is 0.252 e. The summed E-state index contributed by atoms with van der Waals surface area (Å²) < 4.78 is 27.9. The molecule has 136 valence electrons. The van der Waals surface area contributed by atoms with Gasteiger partial charge in [-0.15, -0.1) is 11.3 Å². The SMILES string of the molecule is CCc1ccc(S(=O)(=O)N2CCc3cc4cc(C)c(=O)[nH]c4cc3C2)s1. The highest BCUT2D eigenvalue weighted by atomic mass is 32.2. The molecule has 2 aromatic heterocycles. The number of thiophene rings is 1. The number of pyridine rings is 1. The number of nitrogens with one attached hydrogen (secondary N) is 1. The Morgan fingerprint density at radius 1 is 1.19 bits per heavy atom. The predicted molar refractivity (Wildman–Crippen MR) is 104 cm³/mol. The number of fused-ring (bicyclic) bond motifs is 2. The lowest BCUT2D eigenvalue weighted by Gasteiger charge is -2.28. The maximum absolute atomic E-state index is 13.0. The van der Waals surface area contributed by atoms with Crippen LogP contribution in [0.25, 0.3) is 10.9 Å². The minimum Gasteiger partial charge on any atom is -0.322 e. The molecule has 0 unspecified atom stereocenters. The summed E-state index contributed by atoms with van der Waals surface area (Å²) in [7, 11) is -3.48. The Bertz CT molecular complexity index is 1160. The molecule has 3 aromatic rings. The molecule has 3 heterocycles. The summed E-state index contributed by atoms with van der Waals surface area (Å²) in [4.78, 5) is 15.8. The fourth-order valence-electron chi connectivity index (χ4n) is 3.37. The van der Waals surface area contributed by atoms with Gasteiger partial charge < -0.3 is 4.98 Å². The number of benzene rings is 1. The third-order valence-corrected chi connectivity index (χ3v) is 8.45. The molecule has 0 atom stereocenters. The number of hydrogen-bond acceptors (Lipinski definition) is 4. The predicted octanol–water partition coefficient (Wildman–Crippen LogP) is 3.21. The Kier molecular flexibility index (Phi) is 4.25. The Balaban J connectivity index is 1.71. The zero-order valence-electron chi connectivity index (χ0n) is 14.7. The Morgan fingerprint density at radius 2 is 2.00 bits per heavy atom. The van der Waals surface area contributed by atoms with Crippen molar-refractivity contribution in [3.05, 3.63) is 62.3 Å². The van der Waals surface area contributed by atoms with E-state index in [1.54, 1.807) is 17.3 Å². The van der Waals surface area contributed by atoms with Crippen molar-refractivity contribution >= 4 is 32.3 Å². The highest BCUT2D eigenvalue weighted by Crippen LogP contribution is 2.30. The van der Waals surface area contributed by atoms with E-state index in [0.717, 1.165) is 33.3 Å². The zero-order valence-corrected chi connectivity index (χ0v) is 16.3. The lowest BCUT2D eigenvalue weighted by molar-refractivity contribution is 0.393. The number of nitrogens with zero attached hydrogens (tertiary/aromatic N) is 1. The number of rotatable bonds is 3. The largest absolute Gasteiger partial charge is 0.322 e. The summed E-state index contributed by atoms with van der Waals surface area (Å²) in [6.45, 7) is 4.62. The number of aromatic amines is 1. The fraction of sp³-hybridized carbons (Fsp3) is 0.316. The van der Waals surface area contributed by atoms with Gasteiger partial charge in [-0.1, -0.05) is 6.92 Å². The average molecular weight is 389 g/mol. The lowest BCUT2D eigenvalue weighted by Crippen LogP contribution is -2.35.